The van der Waals surface area contributed by atoms with Crippen LogP contribution in [-0.2, 0) is 0 Å². The molecule has 0 bridgehead atoms. The van der Waals surface area contributed by atoms with Gasteiger partial charge in [0.1, 0.15) is 32.9 Å². The summed E-state index contributed by atoms with van der Waals surface area (Å²) in [4.78, 5) is 18.4. The summed E-state index contributed by atoms with van der Waals surface area (Å²) in [6.45, 7) is 1.98. The second-order valence-corrected chi connectivity index (χ2v) is 7.81. The summed E-state index contributed by atoms with van der Waals surface area (Å²) in [5.41, 5.74) is 16.0. The molecule has 2 aromatic carbocycles. The SMILES string of the molecule is COc1ccc(C(=O)c2sc3nc(N)c(C#N)c(-c4ccc(C)cc4)c3c2N)cc1. The van der Waals surface area contributed by atoms with Crippen molar-refractivity contribution in [1.82, 2.24) is 4.98 Å². The Bertz CT molecular complexity index is 1320. The summed E-state index contributed by atoms with van der Waals surface area (Å²) >= 11 is 1.18. The Morgan fingerprint density at radius 1 is 1.10 bits per heavy atom. The van der Waals surface area contributed by atoms with Gasteiger partial charge in [0.25, 0.3) is 0 Å². The molecule has 6 nitrogen and oxygen atoms in total. The highest BCUT2D eigenvalue weighted by atomic mass is 32.1. The number of ketones is 1. The van der Waals surface area contributed by atoms with E-state index in [-0.39, 0.29) is 17.2 Å². The van der Waals surface area contributed by atoms with E-state index in [1.807, 2.05) is 31.2 Å². The van der Waals surface area contributed by atoms with Crippen LogP contribution in [0, 0.1) is 18.3 Å². The van der Waals surface area contributed by atoms with Crippen LogP contribution in [0.4, 0.5) is 11.5 Å². The first kappa shape index (κ1) is 19.4. The number of hydrogen-bond donors (Lipinski definition) is 2. The van der Waals surface area contributed by atoms with E-state index in [1.165, 1.54) is 11.3 Å². The van der Waals surface area contributed by atoms with E-state index in [0.717, 1.165) is 11.1 Å². The molecule has 0 spiro atoms. The maximum atomic E-state index is 13.1. The third kappa shape index (κ3) is 3.13. The maximum Gasteiger partial charge on any atom is 0.205 e. The van der Waals surface area contributed by atoms with E-state index in [4.69, 9.17) is 16.2 Å². The van der Waals surface area contributed by atoms with Crippen molar-refractivity contribution in [2.45, 2.75) is 6.92 Å². The number of thiophene rings is 1. The molecule has 0 radical (unpaired) electrons. The molecular formula is C23H18N4O2S. The number of hydrogen-bond acceptors (Lipinski definition) is 7. The maximum absolute atomic E-state index is 13.1. The lowest BCUT2D eigenvalue weighted by atomic mass is 9.96. The fourth-order valence-electron chi connectivity index (χ4n) is 3.33. The number of anilines is 2. The number of nitrogens with two attached hydrogens (primary N) is 2. The Morgan fingerprint density at radius 3 is 2.37 bits per heavy atom. The molecule has 4 aromatic rings. The molecule has 4 rings (SSSR count). The predicted octanol–water partition coefficient (Wildman–Crippen LogP) is 4.55. The van der Waals surface area contributed by atoms with Crippen molar-refractivity contribution in [1.29, 1.82) is 5.26 Å². The van der Waals surface area contributed by atoms with Gasteiger partial charge in [-0.3, -0.25) is 4.79 Å². The van der Waals surface area contributed by atoms with Crippen molar-refractivity contribution in [3.05, 3.63) is 70.1 Å². The number of benzene rings is 2. The second kappa shape index (κ2) is 7.50. The van der Waals surface area contributed by atoms with E-state index in [9.17, 15) is 10.1 Å². The summed E-state index contributed by atoms with van der Waals surface area (Å²) in [7, 11) is 1.57. The number of nitrogens with zero attached hydrogens (tertiary/aromatic N) is 2. The zero-order chi connectivity index (χ0) is 21.4. The van der Waals surface area contributed by atoms with Gasteiger partial charge >= 0.3 is 0 Å². The van der Waals surface area contributed by atoms with E-state index >= 15 is 0 Å². The summed E-state index contributed by atoms with van der Waals surface area (Å²) in [5.74, 6) is 0.556. The monoisotopic (exact) mass is 414 g/mol. The molecule has 0 aliphatic heterocycles. The molecule has 0 atom stereocenters. The molecule has 0 aliphatic rings. The molecule has 2 heterocycles. The van der Waals surface area contributed by atoms with Crippen LogP contribution in [-0.4, -0.2) is 17.9 Å². The number of ether oxygens (including phenoxy) is 1. The molecule has 4 N–H and O–H groups in total. The van der Waals surface area contributed by atoms with Gasteiger partial charge in [-0.2, -0.15) is 5.26 Å². The average molecular weight is 414 g/mol. The van der Waals surface area contributed by atoms with Gasteiger partial charge in [0.05, 0.1) is 12.8 Å². The number of nitriles is 1. The highest BCUT2D eigenvalue weighted by molar-refractivity contribution is 7.21. The number of aryl methyl sites for hydroxylation is 1. The van der Waals surface area contributed by atoms with Crippen LogP contribution in [0.2, 0.25) is 0 Å². The summed E-state index contributed by atoms with van der Waals surface area (Å²) in [5, 5.41) is 10.3. The third-order valence-corrected chi connectivity index (χ3v) is 6.01. The number of nitrogen functional groups attached to an aromatic ring is 2. The quantitative estimate of drug-likeness (QED) is 0.474. The second-order valence-electron chi connectivity index (χ2n) is 6.81. The third-order valence-electron chi connectivity index (χ3n) is 4.92. The summed E-state index contributed by atoms with van der Waals surface area (Å²) < 4.78 is 5.15. The Morgan fingerprint density at radius 2 is 1.77 bits per heavy atom. The van der Waals surface area contributed by atoms with Gasteiger partial charge < -0.3 is 16.2 Å². The average Bonchev–Trinajstić information content (AvgIpc) is 3.08. The minimum Gasteiger partial charge on any atom is -0.497 e. The molecule has 0 fully saturated rings. The smallest absolute Gasteiger partial charge is 0.205 e. The lowest BCUT2D eigenvalue weighted by Gasteiger charge is -2.10. The van der Waals surface area contributed by atoms with E-state index in [2.05, 4.69) is 11.1 Å². The van der Waals surface area contributed by atoms with Crippen molar-refractivity contribution in [2.75, 3.05) is 18.6 Å². The van der Waals surface area contributed by atoms with Gasteiger partial charge in [-0.05, 0) is 36.8 Å². The number of aromatic nitrogens is 1. The van der Waals surface area contributed by atoms with Crippen molar-refractivity contribution < 1.29 is 9.53 Å². The van der Waals surface area contributed by atoms with E-state index in [0.29, 0.717) is 37.7 Å². The number of methoxy groups -OCH3 is 1. The van der Waals surface area contributed by atoms with Crippen molar-refractivity contribution in [3.8, 4) is 22.9 Å². The van der Waals surface area contributed by atoms with E-state index < -0.39 is 0 Å². The first-order valence-corrected chi connectivity index (χ1v) is 9.93. The van der Waals surface area contributed by atoms with Gasteiger partial charge in [-0.25, -0.2) is 4.98 Å². The van der Waals surface area contributed by atoms with Gasteiger partial charge in [0.15, 0.2) is 0 Å². The molecule has 148 valence electrons. The zero-order valence-corrected chi connectivity index (χ0v) is 17.2. The molecule has 0 amide bonds. The summed E-state index contributed by atoms with van der Waals surface area (Å²) in [6, 6.07) is 16.7. The van der Waals surface area contributed by atoms with Crippen LogP contribution >= 0.6 is 11.3 Å². The number of pyridine rings is 1. The van der Waals surface area contributed by atoms with Crippen LogP contribution in [0.5, 0.6) is 5.75 Å². The van der Waals surface area contributed by atoms with Crippen LogP contribution in [0.25, 0.3) is 21.3 Å². The molecule has 0 aliphatic carbocycles. The van der Waals surface area contributed by atoms with Crippen molar-refractivity contribution in [2.24, 2.45) is 0 Å². The highest BCUT2D eigenvalue weighted by Gasteiger charge is 2.24. The first-order valence-electron chi connectivity index (χ1n) is 9.12. The molecule has 0 saturated carbocycles. The minimum absolute atomic E-state index is 0.116. The van der Waals surface area contributed by atoms with Crippen LogP contribution in [0.1, 0.15) is 26.4 Å². The molecule has 0 saturated heterocycles. The minimum atomic E-state index is -0.218. The fraction of sp³-hybridized carbons (Fsp3) is 0.0870. The number of carbonyl (C=O) groups is 1. The number of rotatable bonds is 4. The lowest BCUT2D eigenvalue weighted by Crippen LogP contribution is -2.03. The topological polar surface area (TPSA) is 115 Å². The first-order chi connectivity index (χ1) is 14.4. The van der Waals surface area contributed by atoms with Crippen LogP contribution in [0.15, 0.2) is 48.5 Å². The van der Waals surface area contributed by atoms with Gasteiger partial charge in [-0.15, -0.1) is 11.3 Å². The Labute approximate surface area is 177 Å². The largest absolute Gasteiger partial charge is 0.497 e. The predicted molar refractivity (Wildman–Crippen MR) is 120 cm³/mol. The highest BCUT2D eigenvalue weighted by Crippen LogP contribution is 2.43. The number of fused-ring (bicyclic) bond motifs is 1. The lowest BCUT2D eigenvalue weighted by molar-refractivity contribution is 0.104. The van der Waals surface area contributed by atoms with Gasteiger partial charge in [0.2, 0.25) is 5.78 Å². The van der Waals surface area contributed by atoms with Gasteiger partial charge in [-0.1, -0.05) is 29.8 Å². The Balaban J connectivity index is 1.96. The van der Waals surface area contributed by atoms with Gasteiger partial charge in [0, 0.05) is 16.5 Å². The molecule has 7 heteroatoms. The zero-order valence-electron chi connectivity index (χ0n) is 16.4. The standard InChI is InChI=1S/C23H18N4O2S/c1-12-3-5-13(6-4-12)17-16(11-24)22(26)27-23-18(17)19(25)21(30-23)20(28)14-7-9-15(29-2)10-8-14/h3-10H,25H2,1-2H3,(H2,26,27). The summed E-state index contributed by atoms with van der Waals surface area (Å²) in [6.07, 6.45) is 0. The van der Waals surface area contributed by atoms with Crippen molar-refractivity contribution >= 4 is 38.8 Å². The Kier molecular flexibility index (Phi) is 4.86. The molecule has 0 unspecified atom stereocenters. The van der Waals surface area contributed by atoms with Crippen LogP contribution in [0.3, 0.4) is 0 Å². The molecule has 30 heavy (non-hydrogen) atoms. The van der Waals surface area contributed by atoms with Crippen molar-refractivity contribution in [3.63, 3.8) is 0 Å². The normalized spacial score (nSPS) is 10.7. The Hall–Kier alpha value is -3.89. The van der Waals surface area contributed by atoms with E-state index in [1.54, 1.807) is 31.4 Å². The van der Waals surface area contributed by atoms with Crippen LogP contribution < -0.4 is 16.2 Å². The fourth-order valence-corrected chi connectivity index (χ4v) is 4.41. The molecule has 2 aromatic heterocycles. The number of carbonyl (C=O) groups excluding carboxylic acids is 1. The molecular weight excluding hydrogens is 396 g/mol.